The number of hydrogen-bond acceptors (Lipinski definition) is 3. The topological polar surface area (TPSA) is 43.9 Å². The van der Waals surface area contributed by atoms with Crippen molar-refractivity contribution in [3.63, 3.8) is 0 Å². The lowest BCUT2D eigenvalue weighted by molar-refractivity contribution is 0.414. The van der Waals surface area contributed by atoms with Gasteiger partial charge in [-0.2, -0.15) is 0 Å². The van der Waals surface area contributed by atoms with Crippen molar-refractivity contribution in [2.24, 2.45) is 0 Å². The summed E-state index contributed by atoms with van der Waals surface area (Å²) in [6.45, 7) is 5.79. The predicted molar refractivity (Wildman–Crippen MR) is 84.1 cm³/mol. The van der Waals surface area contributed by atoms with E-state index in [9.17, 15) is 0 Å². The highest BCUT2D eigenvalue weighted by molar-refractivity contribution is 6.31. The maximum absolute atomic E-state index is 6.29. The minimum Gasteiger partial charge on any atom is -0.444 e. The molecule has 0 amide bonds. The lowest BCUT2D eigenvalue weighted by Gasteiger charge is -2.15. The maximum Gasteiger partial charge on any atom is 0.217 e. The highest BCUT2D eigenvalue weighted by atomic mass is 35.5. The van der Waals surface area contributed by atoms with Crippen LogP contribution in [0.3, 0.4) is 0 Å². The number of alkyl halides is 1. The van der Waals surface area contributed by atoms with Gasteiger partial charge < -0.3 is 8.98 Å². The Morgan fingerprint density at radius 3 is 2.67 bits per heavy atom. The molecule has 3 rings (SSSR count). The van der Waals surface area contributed by atoms with E-state index in [0.29, 0.717) is 10.9 Å². The van der Waals surface area contributed by atoms with Crippen molar-refractivity contribution < 1.29 is 4.42 Å². The van der Waals surface area contributed by atoms with Gasteiger partial charge in [-0.25, -0.2) is 9.97 Å². The zero-order valence-electron chi connectivity index (χ0n) is 12.0. The van der Waals surface area contributed by atoms with Crippen molar-refractivity contribution in [3.05, 3.63) is 46.9 Å². The third-order valence-electron chi connectivity index (χ3n) is 3.42. The van der Waals surface area contributed by atoms with E-state index in [1.54, 1.807) is 6.20 Å². The van der Waals surface area contributed by atoms with E-state index in [-0.39, 0.29) is 11.4 Å². The molecular weight excluding hydrogens is 309 g/mol. The number of hydrogen-bond donors (Lipinski definition) is 0. The van der Waals surface area contributed by atoms with Gasteiger partial charge in [0, 0.05) is 5.02 Å². The van der Waals surface area contributed by atoms with E-state index in [0.717, 1.165) is 22.6 Å². The van der Waals surface area contributed by atoms with E-state index in [4.69, 9.17) is 27.6 Å². The van der Waals surface area contributed by atoms with Gasteiger partial charge in [0.05, 0.1) is 22.6 Å². The predicted octanol–water partition coefficient (Wildman–Crippen LogP) is 4.90. The van der Waals surface area contributed by atoms with Crippen LogP contribution in [0.25, 0.3) is 11.0 Å². The molecule has 0 saturated carbocycles. The van der Waals surface area contributed by atoms with Gasteiger partial charge in [-0.15, -0.1) is 11.6 Å². The number of rotatable bonds is 3. The first kappa shape index (κ1) is 14.4. The number of fused-ring (bicyclic) bond motifs is 1. The van der Waals surface area contributed by atoms with Gasteiger partial charge in [0.15, 0.2) is 0 Å². The molecule has 0 fully saturated rings. The van der Waals surface area contributed by atoms with Crippen molar-refractivity contribution in [1.29, 1.82) is 0 Å². The van der Waals surface area contributed by atoms with E-state index in [2.05, 4.69) is 14.5 Å². The summed E-state index contributed by atoms with van der Waals surface area (Å²) in [6, 6.07) is 5.53. The summed E-state index contributed by atoms with van der Waals surface area (Å²) < 4.78 is 7.70. The summed E-state index contributed by atoms with van der Waals surface area (Å²) in [4.78, 5) is 8.92. The Morgan fingerprint density at radius 1 is 1.29 bits per heavy atom. The number of aryl methyl sites for hydroxylation is 1. The fourth-order valence-electron chi connectivity index (χ4n) is 2.45. The molecule has 2 unspecified atom stereocenters. The Kier molecular flexibility index (Phi) is 3.68. The average Bonchev–Trinajstić information content (AvgIpc) is 3.01. The normalized spacial score (nSPS) is 14.5. The first-order valence-electron chi connectivity index (χ1n) is 6.71. The zero-order chi connectivity index (χ0) is 15.1. The molecular formula is C15H15Cl2N3O. The first-order valence-corrected chi connectivity index (χ1v) is 7.52. The van der Waals surface area contributed by atoms with E-state index in [1.165, 1.54) is 0 Å². The van der Waals surface area contributed by atoms with Crippen LogP contribution in [0.4, 0.5) is 0 Å². The number of imidazole rings is 1. The average molecular weight is 324 g/mol. The highest BCUT2D eigenvalue weighted by Crippen LogP contribution is 2.31. The molecule has 0 bridgehead atoms. The quantitative estimate of drug-likeness (QED) is 0.644. The van der Waals surface area contributed by atoms with Crippen molar-refractivity contribution in [2.45, 2.75) is 32.2 Å². The molecule has 2 atom stereocenters. The van der Waals surface area contributed by atoms with Crippen LogP contribution >= 0.6 is 23.2 Å². The molecule has 0 spiro atoms. The van der Waals surface area contributed by atoms with Crippen molar-refractivity contribution >= 4 is 34.2 Å². The van der Waals surface area contributed by atoms with Gasteiger partial charge in [0.1, 0.15) is 17.6 Å². The van der Waals surface area contributed by atoms with Gasteiger partial charge in [-0.1, -0.05) is 11.6 Å². The summed E-state index contributed by atoms with van der Waals surface area (Å²) >= 11 is 12.3. The molecule has 0 saturated heterocycles. The molecule has 6 heteroatoms. The van der Waals surface area contributed by atoms with Crippen LogP contribution in [0.15, 0.2) is 28.8 Å². The summed E-state index contributed by atoms with van der Waals surface area (Å²) in [6.07, 6.45) is 1.71. The van der Waals surface area contributed by atoms with Crippen LogP contribution < -0.4 is 0 Å². The molecule has 0 N–H and O–H groups in total. The minimum atomic E-state index is -0.227. The van der Waals surface area contributed by atoms with E-state index in [1.807, 2.05) is 39.0 Å². The Hall–Kier alpha value is -1.52. The lowest BCUT2D eigenvalue weighted by Crippen LogP contribution is -2.11. The minimum absolute atomic E-state index is 0.0962. The Balaban J connectivity index is 2.21. The second kappa shape index (κ2) is 5.35. The summed E-state index contributed by atoms with van der Waals surface area (Å²) in [5.41, 5.74) is 1.78. The maximum atomic E-state index is 6.29. The molecule has 0 aliphatic heterocycles. The molecule has 0 aliphatic carbocycles. The number of nitrogens with zero attached hydrogens (tertiary/aromatic N) is 3. The monoisotopic (exact) mass is 323 g/mol. The number of oxazole rings is 1. The van der Waals surface area contributed by atoms with Gasteiger partial charge in [0.25, 0.3) is 0 Å². The second-order valence-electron chi connectivity index (χ2n) is 5.07. The molecule has 4 nitrogen and oxygen atoms in total. The third-order valence-corrected chi connectivity index (χ3v) is 3.85. The number of halogens is 2. The van der Waals surface area contributed by atoms with Crippen LogP contribution in [-0.2, 0) is 0 Å². The third kappa shape index (κ3) is 2.54. The standard InChI is InChI=1S/C15H15Cl2N3O/c1-8-7-18-15(21-8)10(3)20-13-5-4-11(17)6-12(13)19-14(20)9(2)16/h4-7,9-10H,1-3H3. The van der Waals surface area contributed by atoms with Crippen molar-refractivity contribution in [3.8, 4) is 0 Å². The highest BCUT2D eigenvalue weighted by Gasteiger charge is 2.23. The van der Waals surface area contributed by atoms with Crippen molar-refractivity contribution in [2.75, 3.05) is 0 Å². The smallest absolute Gasteiger partial charge is 0.217 e. The molecule has 2 heterocycles. The molecule has 3 aromatic rings. The molecule has 1 aromatic carbocycles. The Morgan fingerprint density at radius 2 is 2.05 bits per heavy atom. The number of aromatic nitrogens is 3. The van der Waals surface area contributed by atoms with Crippen LogP contribution in [0.1, 0.15) is 42.7 Å². The Labute approximate surface area is 132 Å². The van der Waals surface area contributed by atoms with E-state index < -0.39 is 0 Å². The van der Waals surface area contributed by atoms with Gasteiger partial charge in [-0.05, 0) is 39.0 Å². The Bertz CT molecular complexity index is 791. The summed E-state index contributed by atoms with van der Waals surface area (Å²) in [5.74, 6) is 2.20. The lowest BCUT2D eigenvalue weighted by atomic mass is 10.2. The molecule has 2 aromatic heterocycles. The van der Waals surface area contributed by atoms with Gasteiger partial charge >= 0.3 is 0 Å². The van der Waals surface area contributed by atoms with E-state index >= 15 is 0 Å². The SMILES string of the molecule is Cc1cnc(C(C)n2c(C(C)Cl)nc3cc(Cl)ccc32)o1. The molecule has 110 valence electrons. The van der Waals surface area contributed by atoms with Gasteiger partial charge in [0.2, 0.25) is 5.89 Å². The first-order chi connectivity index (χ1) is 9.97. The number of benzene rings is 1. The van der Waals surface area contributed by atoms with Gasteiger partial charge in [-0.3, -0.25) is 0 Å². The van der Waals surface area contributed by atoms with Crippen LogP contribution in [0.5, 0.6) is 0 Å². The molecule has 0 aliphatic rings. The van der Waals surface area contributed by atoms with Crippen LogP contribution in [-0.4, -0.2) is 14.5 Å². The van der Waals surface area contributed by atoms with Crippen molar-refractivity contribution in [1.82, 2.24) is 14.5 Å². The largest absolute Gasteiger partial charge is 0.444 e. The molecule has 0 radical (unpaired) electrons. The van der Waals surface area contributed by atoms with Crippen LogP contribution in [0, 0.1) is 6.92 Å². The summed E-state index contributed by atoms with van der Waals surface area (Å²) in [7, 11) is 0. The van der Waals surface area contributed by atoms with Crippen LogP contribution in [0.2, 0.25) is 5.02 Å². The second-order valence-corrected chi connectivity index (χ2v) is 6.17. The fraction of sp³-hybridized carbons (Fsp3) is 0.333. The fourth-order valence-corrected chi connectivity index (χ4v) is 2.77. The summed E-state index contributed by atoms with van der Waals surface area (Å²) in [5, 5.41) is 0.426. The zero-order valence-corrected chi connectivity index (χ0v) is 13.5. The molecule has 21 heavy (non-hydrogen) atoms.